The predicted octanol–water partition coefficient (Wildman–Crippen LogP) is 2.04. The number of halogens is 2. The first-order chi connectivity index (χ1) is 7.70. The zero-order chi connectivity index (χ0) is 11.5. The molecule has 1 aliphatic heterocycles. The molecule has 1 amide bonds. The summed E-state index contributed by atoms with van der Waals surface area (Å²) in [7, 11) is 0. The molecule has 1 saturated heterocycles. The van der Waals surface area contributed by atoms with E-state index in [1.807, 2.05) is 0 Å². The maximum atomic E-state index is 12.1. The highest BCUT2D eigenvalue weighted by atomic mass is 35.5. The van der Waals surface area contributed by atoms with Gasteiger partial charge in [0.1, 0.15) is 0 Å². The lowest BCUT2D eigenvalue weighted by Gasteiger charge is -2.27. The van der Waals surface area contributed by atoms with Gasteiger partial charge < -0.3 is 10.2 Å². The normalized spacial score (nSPS) is 16.2. The minimum absolute atomic E-state index is 0.0472. The van der Waals surface area contributed by atoms with Crippen molar-refractivity contribution in [3.05, 3.63) is 33.8 Å². The molecular formula is C11H12Cl2N2O. The van der Waals surface area contributed by atoms with Crippen molar-refractivity contribution in [3.63, 3.8) is 0 Å². The van der Waals surface area contributed by atoms with Gasteiger partial charge in [0.2, 0.25) is 0 Å². The maximum absolute atomic E-state index is 12.1. The van der Waals surface area contributed by atoms with Crippen LogP contribution in [0.5, 0.6) is 0 Å². The Hall–Kier alpha value is -0.770. The highest BCUT2D eigenvalue weighted by molar-refractivity contribution is 6.43. The van der Waals surface area contributed by atoms with Crippen molar-refractivity contribution in [1.29, 1.82) is 0 Å². The summed E-state index contributed by atoms with van der Waals surface area (Å²) in [6.45, 7) is 3.07. The molecule has 16 heavy (non-hydrogen) atoms. The Morgan fingerprint density at radius 1 is 1.25 bits per heavy atom. The monoisotopic (exact) mass is 258 g/mol. The van der Waals surface area contributed by atoms with Gasteiger partial charge in [-0.15, -0.1) is 0 Å². The van der Waals surface area contributed by atoms with Crippen LogP contribution in [0.1, 0.15) is 10.4 Å². The fraction of sp³-hybridized carbons (Fsp3) is 0.364. The van der Waals surface area contributed by atoms with E-state index in [-0.39, 0.29) is 5.91 Å². The van der Waals surface area contributed by atoms with Gasteiger partial charge in [0.15, 0.2) is 0 Å². The average Bonchev–Trinajstić information content (AvgIpc) is 2.33. The Labute approximate surface area is 104 Å². The second-order valence-corrected chi connectivity index (χ2v) is 4.43. The van der Waals surface area contributed by atoms with Gasteiger partial charge in [-0.2, -0.15) is 0 Å². The summed E-state index contributed by atoms with van der Waals surface area (Å²) in [6.07, 6.45) is 0. The Balaban J connectivity index is 2.22. The lowest BCUT2D eigenvalue weighted by Crippen LogP contribution is -2.46. The SMILES string of the molecule is O=C(c1cccc(Cl)c1Cl)N1CCNCC1. The first-order valence-corrected chi connectivity index (χ1v) is 5.90. The summed E-state index contributed by atoms with van der Waals surface area (Å²) in [5, 5.41) is 3.95. The summed E-state index contributed by atoms with van der Waals surface area (Å²) in [4.78, 5) is 13.9. The standard InChI is InChI=1S/C11H12Cl2N2O/c12-9-3-1-2-8(10(9)13)11(16)15-6-4-14-5-7-15/h1-3,14H,4-7H2. The summed E-state index contributed by atoms with van der Waals surface area (Å²) < 4.78 is 0. The summed E-state index contributed by atoms with van der Waals surface area (Å²) >= 11 is 11.9. The van der Waals surface area contributed by atoms with Crippen LogP contribution in [-0.4, -0.2) is 37.0 Å². The minimum Gasteiger partial charge on any atom is -0.336 e. The third kappa shape index (κ3) is 2.32. The molecule has 1 N–H and O–H groups in total. The Morgan fingerprint density at radius 2 is 1.94 bits per heavy atom. The molecule has 5 heteroatoms. The number of nitrogens with zero attached hydrogens (tertiary/aromatic N) is 1. The number of hydrogen-bond acceptors (Lipinski definition) is 2. The predicted molar refractivity (Wildman–Crippen MR) is 65.2 cm³/mol. The lowest BCUT2D eigenvalue weighted by molar-refractivity contribution is 0.0736. The van der Waals surface area contributed by atoms with Crippen LogP contribution in [0.25, 0.3) is 0 Å². The van der Waals surface area contributed by atoms with Crippen molar-refractivity contribution in [2.75, 3.05) is 26.2 Å². The molecule has 0 aliphatic carbocycles. The molecule has 0 bridgehead atoms. The van der Waals surface area contributed by atoms with Gasteiger partial charge in [-0.05, 0) is 12.1 Å². The Bertz CT molecular complexity index is 403. The average molecular weight is 259 g/mol. The van der Waals surface area contributed by atoms with E-state index in [0.717, 1.165) is 13.1 Å². The number of carbonyl (C=O) groups excluding carboxylic acids is 1. The van der Waals surface area contributed by atoms with Crippen LogP contribution in [0.3, 0.4) is 0 Å². The molecule has 0 atom stereocenters. The molecule has 1 heterocycles. The highest BCUT2D eigenvalue weighted by Gasteiger charge is 2.20. The molecule has 86 valence electrons. The molecule has 1 aromatic carbocycles. The van der Waals surface area contributed by atoms with Gasteiger partial charge in [-0.3, -0.25) is 4.79 Å². The quantitative estimate of drug-likeness (QED) is 0.837. The van der Waals surface area contributed by atoms with E-state index < -0.39 is 0 Å². The van der Waals surface area contributed by atoms with Crippen molar-refractivity contribution >= 4 is 29.1 Å². The third-order valence-corrected chi connectivity index (χ3v) is 3.41. The number of nitrogens with one attached hydrogen (secondary N) is 1. The van der Waals surface area contributed by atoms with Crippen LogP contribution in [0.4, 0.5) is 0 Å². The zero-order valence-corrected chi connectivity index (χ0v) is 10.2. The molecule has 1 aromatic rings. The van der Waals surface area contributed by atoms with Crippen LogP contribution >= 0.6 is 23.2 Å². The van der Waals surface area contributed by atoms with Gasteiger partial charge >= 0.3 is 0 Å². The molecular weight excluding hydrogens is 247 g/mol. The van der Waals surface area contributed by atoms with Crippen LogP contribution in [-0.2, 0) is 0 Å². The molecule has 0 radical (unpaired) electrons. The maximum Gasteiger partial charge on any atom is 0.255 e. The molecule has 0 saturated carbocycles. The molecule has 0 unspecified atom stereocenters. The third-order valence-electron chi connectivity index (χ3n) is 2.59. The second kappa shape index (κ2) is 5.04. The number of piperazine rings is 1. The van der Waals surface area contributed by atoms with Crippen molar-refractivity contribution in [2.45, 2.75) is 0 Å². The summed E-state index contributed by atoms with van der Waals surface area (Å²) in [5.41, 5.74) is 0.482. The first-order valence-electron chi connectivity index (χ1n) is 5.14. The van der Waals surface area contributed by atoms with Crippen LogP contribution < -0.4 is 5.32 Å². The van der Waals surface area contributed by atoms with Gasteiger partial charge in [-0.1, -0.05) is 29.3 Å². The molecule has 1 aliphatic rings. The summed E-state index contributed by atoms with van der Waals surface area (Å²) in [6, 6.07) is 5.13. The van der Waals surface area contributed by atoms with E-state index in [1.54, 1.807) is 23.1 Å². The Morgan fingerprint density at radius 3 is 2.62 bits per heavy atom. The largest absolute Gasteiger partial charge is 0.336 e. The van der Waals surface area contributed by atoms with Gasteiger partial charge in [0.05, 0.1) is 15.6 Å². The second-order valence-electron chi connectivity index (χ2n) is 3.64. The van der Waals surface area contributed by atoms with Gasteiger partial charge in [-0.25, -0.2) is 0 Å². The van der Waals surface area contributed by atoms with Gasteiger partial charge in [0, 0.05) is 26.2 Å². The van der Waals surface area contributed by atoms with E-state index in [9.17, 15) is 4.79 Å². The van der Waals surface area contributed by atoms with Crippen LogP contribution in [0.2, 0.25) is 10.0 Å². The topological polar surface area (TPSA) is 32.3 Å². The summed E-state index contributed by atoms with van der Waals surface area (Å²) in [5.74, 6) is -0.0472. The zero-order valence-electron chi connectivity index (χ0n) is 8.67. The minimum atomic E-state index is -0.0472. The van der Waals surface area contributed by atoms with E-state index in [2.05, 4.69) is 5.32 Å². The van der Waals surface area contributed by atoms with Gasteiger partial charge in [0.25, 0.3) is 5.91 Å². The van der Waals surface area contributed by atoms with Crippen molar-refractivity contribution in [2.24, 2.45) is 0 Å². The first kappa shape index (κ1) is 11.7. The molecule has 2 rings (SSSR count). The molecule has 0 spiro atoms. The fourth-order valence-corrected chi connectivity index (χ4v) is 2.09. The molecule has 1 fully saturated rings. The number of carbonyl (C=O) groups is 1. The van der Waals surface area contributed by atoms with E-state index in [4.69, 9.17) is 23.2 Å². The smallest absolute Gasteiger partial charge is 0.255 e. The van der Waals surface area contributed by atoms with E-state index >= 15 is 0 Å². The van der Waals surface area contributed by atoms with E-state index in [0.29, 0.717) is 28.7 Å². The number of rotatable bonds is 1. The molecule has 0 aromatic heterocycles. The highest BCUT2D eigenvalue weighted by Crippen LogP contribution is 2.26. The lowest BCUT2D eigenvalue weighted by atomic mass is 10.2. The molecule has 3 nitrogen and oxygen atoms in total. The Kier molecular flexibility index (Phi) is 3.69. The number of amides is 1. The number of hydrogen-bond donors (Lipinski definition) is 1. The van der Waals surface area contributed by atoms with Crippen molar-refractivity contribution in [1.82, 2.24) is 10.2 Å². The number of benzene rings is 1. The van der Waals surface area contributed by atoms with Crippen LogP contribution in [0.15, 0.2) is 18.2 Å². The van der Waals surface area contributed by atoms with E-state index in [1.165, 1.54) is 0 Å². The van der Waals surface area contributed by atoms with Crippen LogP contribution in [0, 0.1) is 0 Å². The fourth-order valence-electron chi connectivity index (χ4n) is 1.71. The van der Waals surface area contributed by atoms with Crippen molar-refractivity contribution in [3.8, 4) is 0 Å². The van der Waals surface area contributed by atoms with Crippen molar-refractivity contribution < 1.29 is 4.79 Å².